The lowest BCUT2D eigenvalue weighted by atomic mass is 10.3. The van der Waals surface area contributed by atoms with E-state index in [0.717, 1.165) is 0 Å². The quantitative estimate of drug-likeness (QED) is 0.624. The highest BCUT2D eigenvalue weighted by molar-refractivity contribution is 4.99. The van der Waals surface area contributed by atoms with Gasteiger partial charge in [0.2, 0.25) is 0 Å². The molecular formula is C5H9FN4. The molecule has 1 heterocycles. The van der Waals surface area contributed by atoms with Crippen LogP contribution < -0.4 is 5.73 Å². The average Bonchev–Trinajstić information content (AvgIpc) is 2.34. The second-order valence-electron chi connectivity index (χ2n) is 2.04. The molecule has 2 N–H and O–H groups in total. The first-order valence-electron chi connectivity index (χ1n) is 2.92. The first-order chi connectivity index (χ1) is 4.75. The molecule has 0 saturated heterocycles. The molecule has 4 nitrogen and oxygen atoms in total. The molecule has 5 heteroatoms. The van der Waals surface area contributed by atoms with Crippen LogP contribution in [0.25, 0.3) is 0 Å². The summed E-state index contributed by atoms with van der Waals surface area (Å²) in [5.41, 5.74) is 5.98. The van der Waals surface area contributed by atoms with Crippen LogP contribution in [-0.4, -0.2) is 21.7 Å². The summed E-state index contributed by atoms with van der Waals surface area (Å²) in [7, 11) is 1.68. The zero-order chi connectivity index (χ0) is 7.56. The molecular weight excluding hydrogens is 135 g/mol. The Morgan fingerprint density at radius 1 is 1.90 bits per heavy atom. The van der Waals surface area contributed by atoms with Gasteiger partial charge in [0.05, 0.1) is 17.9 Å². The number of hydrogen-bond acceptors (Lipinski definition) is 3. The second kappa shape index (κ2) is 2.74. The molecule has 0 radical (unpaired) electrons. The Morgan fingerprint density at radius 2 is 2.60 bits per heavy atom. The summed E-state index contributed by atoms with van der Waals surface area (Å²) in [6.45, 7) is -0.582. The molecule has 1 unspecified atom stereocenters. The van der Waals surface area contributed by atoms with Crippen molar-refractivity contribution >= 4 is 0 Å². The Bertz CT molecular complexity index is 209. The largest absolute Gasteiger partial charge is 0.320 e. The summed E-state index contributed by atoms with van der Waals surface area (Å²) in [4.78, 5) is 0. The van der Waals surface area contributed by atoms with Gasteiger partial charge in [0.25, 0.3) is 0 Å². The van der Waals surface area contributed by atoms with Crippen molar-refractivity contribution in [3.63, 3.8) is 0 Å². The normalized spacial score (nSPS) is 13.5. The maximum Gasteiger partial charge on any atom is 0.110 e. The number of halogens is 1. The van der Waals surface area contributed by atoms with Gasteiger partial charge in [-0.25, -0.2) is 4.39 Å². The molecule has 0 amide bonds. The first-order valence-corrected chi connectivity index (χ1v) is 2.92. The van der Waals surface area contributed by atoms with Crippen molar-refractivity contribution in [3.8, 4) is 0 Å². The molecule has 0 aliphatic heterocycles. The fourth-order valence-corrected chi connectivity index (χ4v) is 0.712. The van der Waals surface area contributed by atoms with Gasteiger partial charge >= 0.3 is 0 Å². The van der Waals surface area contributed by atoms with Crippen LogP contribution in [0.3, 0.4) is 0 Å². The van der Waals surface area contributed by atoms with Crippen LogP contribution >= 0.6 is 0 Å². The van der Waals surface area contributed by atoms with Gasteiger partial charge in [-0.2, -0.15) is 0 Å². The third kappa shape index (κ3) is 1.13. The van der Waals surface area contributed by atoms with E-state index in [2.05, 4.69) is 10.3 Å². The molecule has 0 spiro atoms. The van der Waals surface area contributed by atoms with Crippen molar-refractivity contribution in [1.29, 1.82) is 0 Å². The summed E-state index contributed by atoms with van der Waals surface area (Å²) >= 11 is 0. The van der Waals surface area contributed by atoms with E-state index in [1.165, 1.54) is 10.9 Å². The maximum atomic E-state index is 11.9. The number of nitrogens with zero attached hydrogens (tertiary/aromatic N) is 3. The Labute approximate surface area is 57.8 Å². The number of aryl methyl sites for hydroxylation is 1. The van der Waals surface area contributed by atoms with Crippen molar-refractivity contribution in [2.24, 2.45) is 12.8 Å². The highest BCUT2D eigenvalue weighted by Crippen LogP contribution is 2.05. The number of alkyl halides is 1. The van der Waals surface area contributed by atoms with Crippen molar-refractivity contribution in [2.75, 3.05) is 6.67 Å². The summed E-state index contributed by atoms with van der Waals surface area (Å²) in [6, 6.07) is -0.597. The molecule has 56 valence electrons. The lowest BCUT2D eigenvalue weighted by Gasteiger charge is -2.04. The Kier molecular flexibility index (Phi) is 1.96. The van der Waals surface area contributed by atoms with E-state index in [0.29, 0.717) is 5.69 Å². The van der Waals surface area contributed by atoms with Crippen molar-refractivity contribution < 1.29 is 4.39 Å². The Morgan fingerprint density at radius 3 is 3.00 bits per heavy atom. The van der Waals surface area contributed by atoms with Gasteiger partial charge in [-0.3, -0.25) is 4.68 Å². The minimum atomic E-state index is -0.597. The van der Waals surface area contributed by atoms with E-state index in [1.807, 2.05) is 0 Å². The van der Waals surface area contributed by atoms with Gasteiger partial charge < -0.3 is 5.73 Å². The fraction of sp³-hybridized carbons (Fsp3) is 0.600. The standard InChI is InChI=1S/C5H9FN4/c1-10-5(3-8-9-10)4(7)2-6/h3-4H,2,7H2,1H3. The number of aromatic nitrogens is 3. The second-order valence-corrected chi connectivity index (χ2v) is 2.04. The predicted molar refractivity (Wildman–Crippen MR) is 33.9 cm³/mol. The van der Waals surface area contributed by atoms with Crippen LogP contribution in [0.2, 0.25) is 0 Å². The lowest BCUT2D eigenvalue weighted by Crippen LogP contribution is -2.16. The van der Waals surface area contributed by atoms with Crippen LogP contribution in [0.5, 0.6) is 0 Å². The molecule has 1 aromatic rings. The minimum absolute atomic E-state index is 0.582. The highest BCUT2D eigenvalue weighted by atomic mass is 19.1. The molecule has 0 aromatic carbocycles. The van der Waals surface area contributed by atoms with Crippen molar-refractivity contribution in [2.45, 2.75) is 6.04 Å². The maximum absolute atomic E-state index is 11.9. The number of rotatable bonds is 2. The summed E-state index contributed by atoms with van der Waals surface area (Å²) in [6.07, 6.45) is 1.46. The zero-order valence-electron chi connectivity index (χ0n) is 5.66. The topological polar surface area (TPSA) is 56.7 Å². The molecule has 0 fully saturated rings. The van der Waals surface area contributed by atoms with Crippen LogP contribution in [0.15, 0.2) is 6.20 Å². The van der Waals surface area contributed by atoms with Crippen molar-refractivity contribution in [3.05, 3.63) is 11.9 Å². The first kappa shape index (κ1) is 7.14. The molecule has 10 heavy (non-hydrogen) atoms. The van der Waals surface area contributed by atoms with E-state index in [4.69, 9.17) is 5.73 Å². The van der Waals surface area contributed by atoms with Gasteiger partial charge in [0.15, 0.2) is 0 Å². The molecule has 0 saturated carbocycles. The van der Waals surface area contributed by atoms with E-state index in [-0.39, 0.29) is 0 Å². The van der Waals surface area contributed by atoms with Crippen LogP contribution in [-0.2, 0) is 7.05 Å². The van der Waals surface area contributed by atoms with E-state index >= 15 is 0 Å². The Hall–Kier alpha value is -0.970. The summed E-state index contributed by atoms with van der Waals surface area (Å²) in [5, 5.41) is 7.16. The Balaban J connectivity index is 2.82. The van der Waals surface area contributed by atoms with Gasteiger partial charge in [0.1, 0.15) is 6.67 Å². The third-order valence-electron chi connectivity index (χ3n) is 1.30. The zero-order valence-corrected chi connectivity index (χ0v) is 5.66. The van der Waals surface area contributed by atoms with Crippen LogP contribution in [0.1, 0.15) is 11.7 Å². The van der Waals surface area contributed by atoms with E-state index < -0.39 is 12.7 Å². The third-order valence-corrected chi connectivity index (χ3v) is 1.30. The van der Waals surface area contributed by atoms with E-state index in [9.17, 15) is 4.39 Å². The van der Waals surface area contributed by atoms with Gasteiger partial charge in [-0.1, -0.05) is 5.21 Å². The number of hydrogen-bond donors (Lipinski definition) is 1. The van der Waals surface area contributed by atoms with Crippen LogP contribution in [0, 0.1) is 0 Å². The van der Waals surface area contributed by atoms with Gasteiger partial charge in [-0.05, 0) is 0 Å². The van der Waals surface area contributed by atoms with Crippen LogP contribution in [0.4, 0.5) is 4.39 Å². The fourth-order valence-electron chi connectivity index (χ4n) is 0.712. The minimum Gasteiger partial charge on any atom is -0.320 e. The number of nitrogens with two attached hydrogens (primary N) is 1. The van der Waals surface area contributed by atoms with Crippen molar-refractivity contribution in [1.82, 2.24) is 15.0 Å². The molecule has 0 bridgehead atoms. The summed E-state index contributed by atoms with van der Waals surface area (Å²) < 4.78 is 13.4. The van der Waals surface area contributed by atoms with Gasteiger partial charge in [0, 0.05) is 7.05 Å². The molecule has 0 aliphatic carbocycles. The SMILES string of the molecule is Cn1nncc1C(N)CF. The average molecular weight is 144 g/mol. The smallest absolute Gasteiger partial charge is 0.110 e. The molecule has 1 atom stereocenters. The van der Waals surface area contributed by atoms with E-state index in [1.54, 1.807) is 7.05 Å². The van der Waals surface area contributed by atoms with Gasteiger partial charge in [-0.15, -0.1) is 5.10 Å². The molecule has 1 aromatic heterocycles. The molecule has 0 aliphatic rings. The lowest BCUT2D eigenvalue weighted by molar-refractivity contribution is 0.422. The predicted octanol–water partition coefficient (Wildman–Crippen LogP) is -0.216. The summed E-state index contributed by atoms with van der Waals surface area (Å²) in [5.74, 6) is 0. The molecule has 1 rings (SSSR count). The highest BCUT2D eigenvalue weighted by Gasteiger charge is 2.08. The monoisotopic (exact) mass is 144 g/mol.